The van der Waals surface area contributed by atoms with E-state index in [2.05, 4.69) is 24.8 Å². The van der Waals surface area contributed by atoms with Crippen molar-refractivity contribution in [1.29, 1.82) is 5.26 Å². The van der Waals surface area contributed by atoms with Crippen LogP contribution in [-0.4, -0.2) is 62.5 Å². The minimum absolute atomic E-state index is 0.0366. The number of carbonyl (C=O) groups excluding carboxylic acids is 2. The van der Waals surface area contributed by atoms with Crippen LogP contribution >= 0.6 is 0 Å². The van der Waals surface area contributed by atoms with Gasteiger partial charge in [-0.15, -0.1) is 0 Å². The molecule has 11 heteroatoms. The molecule has 5 heterocycles. The number of ether oxygens (including phenoxy) is 1. The highest BCUT2D eigenvalue weighted by molar-refractivity contribution is 6.05. The maximum atomic E-state index is 13.2. The Bertz CT molecular complexity index is 1650. The molecule has 2 saturated heterocycles. The molecule has 0 bridgehead atoms. The third-order valence-corrected chi connectivity index (χ3v) is 7.66. The molecule has 2 fully saturated rings. The molecule has 11 nitrogen and oxygen atoms in total. The Hall–Kier alpha value is -4.82. The van der Waals surface area contributed by atoms with Gasteiger partial charge in [0.25, 0.3) is 5.91 Å². The molecule has 0 spiro atoms. The summed E-state index contributed by atoms with van der Waals surface area (Å²) in [7, 11) is 0. The summed E-state index contributed by atoms with van der Waals surface area (Å²) in [5.74, 6) is 0.474. The molecule has 3 N–H and O–H groups in total. The van der Waals surface area contributed by atoms with Crippen LogP contribution in [0, 0.1) is 16.7 Å². The zero-order valence-electron chi connectivity index (χ0n) is 22.0. The minimum atomic E-state index is -0.443. The van der Waals surface area contributed by atoms with Gasteiger partial charge in [-0.1, -0.05) is 12.1 Å². The monoisotopic (exact) mass is 536 g/mol. The van der Waals surface area contributed by atoms with E-state index in [0.717, 1.165) is 35.9 Å². The van der Waals surface area contributed by atoms with Crippen molar-refractivity contribution in [2.24, 2.45) is 5.41 Å². The van der Waals surface area contributed by atoms with Crippen LogP contribution in [-0.2, 0) is 9.53 Å². The Labute approximate surface area is 230 Å². The molecule has 40 heavy (non-hydrogen) atoms. The lowest BCUT2D eigenvalue weighted by Gasteiger charge is -2.43. The normalized spacial score (nSPS) is 18.1. The van der Waals surface area contributed by atoms with E-state index in [9.17, 15) is 9.59 Å². The second-order valence-electron chi connectivity index (χ2n) is 10.6. The lowest BCUT2D eigenvalue weighted by molar-refractivity contribution is -0.170. The number of nitrogens with two attached hydrogens (primary N) is 1. The summed E-state index contributed by atoms with van der Waals surface area (Å²) < 4.78 is 7.43. The van der Waals surface area contributed by atoms with Crippen LogP contribution in [0.15, 0.2) is 55.1 Å². The van der Waals surface area contributed by atoms with Gasteiger partial charge in [0.2, 0.25) is 5.91 Å². The largest absolute Gasteiger partial charge is 0.383 e. The summed E-state index contributed by atoms with van der Waals surface area (Å²) in [6.45, 7) is 4.20. The molecular formula is C29H28N8O3. The highest BCUT2D eigenvalue weighted by Crippen LogP contribution is 2.37. The molecule has 6 rings (SSSR count). The third kappa shape index (κ3) is 4.52. The fourth-order valence-electron chi connectivity index (χ4n) is 5.44. The first kappa shape index (κ1) is 25.5. The van der Waals surface area contributed by atoms with Crippen molar-refractivity contribution in [2.45, 2.75) is 25.8 Å². The number of carbonyl (C=O) groups is 2. The molecular weight excluding hydrogens is 508 g/mol. The number of nitriles is 1. The van der Waals surface area contributed by atoms with E-state index in [-0.39, 0.29) is 17.9 Å². The van der Waals surface area contributed by atoms with Crippen molar-refractivity contribution in [3.05, 3.63) is 66.2 Å². The Morgan fingerprint density at radius 2 is 1.98 bits per heavy atom. The summed E-state index contributed by atoms with van der Waals surface area (Å²) in [4.78, 5) is 40.9. The number of hydrogen-bond donors (Lipinski definition) is 2. The first-order valence-corrected chi connectivity index (χ1v) is 13.1. The molecule has 2 amide bonds. The first-order chi connectivity index (χ1) is 19.4. The predicted molar refractivity (Wildman–Crippen MR) is 148 cm³/mol. The summed E-state index contributed by atoms with van der Waals surface area (Å²) in [5, 5.41) is 12.5. The van der Waals surface area contributed by atoms with Crippen LogP contribution in [0.2, 0.25) is 0 Å². The van der Waals surface area contributed by atoms with Crippen LogP contribution in [0.25, 0.3) is 22.2 Å². The van der Waals surface area contributed by atoms with Gasteiger partial charge in [-0.05, 0) is 49.6 Å². The number of rotatable bonds is 5. The smallest absolute Gasteiger partial charge is 0.256 e. The van der Waals surface area contributed by atoms with Crippen LogP contribution in [0.3, 0.4) is 0 Å². The van der Waals surface area contributed by atoms with Gasteiger partial charge in [-0.2, -0.15) is 5.26 Å². The number of piperidine rings is 1. The average molecular weight is 537 g/mol. The number of amides is 2. The lowest BCUT2D eigenvalue weighted by Crippen LogP contribution is -2.55. The van der Waals surface area contributed by atoms with Crippen molar-refractivity contribution in [3.63, 3.8) is 0 Å². The van der Waals surface area contributed by atoms with Crippen LogP contribution in [0.4, 0.5) is 11.6 Å². The van der Waals surface area contributed by atoms with Gasteiger partial charge >= 0.3 is 0 Å². The maximum absolute atomic E-state index is 13.2. The number of pyridine rings is 1. The van der Waals surface area contributed by atoms with Gasteiger partial charge in [-0.25, -0.2) is 15.0 Å². The highest BCUT2D eigenvalue weighted by atomic mass is 16.5. The first-order valence-electron chi connectivity index (χ1n) is 13.1. The lowest BCUT2D eigenvalue weighted by atomic mass is 9.86. The predicted octanol–water partition coefficient (Wildman–Crippen LogP) is 3.40. The zero-order valence-corrected chi connectivity index (χ0v) is 22.0. The van der Waals surface area contributed by atoms with E-state index in [1.54, 1.807) is 18.2 Å². The van der Waals surface area contributed by atoms with E-state index in [1.165, 1.54) is 18.6 Å². The molecule has 3 aromatic heterocycles. The highest BCUT2D eigenvalue weighted by Gasteiger charge is 2.44. The molecule has 0 radical (unpaired) electrons. The second-order valence-corrected chi connectivity index (χ2v) is 10.6. The van der Waals surface area contributed by atoms with E-state index in [0.29, 0.717) is 48.2 Å². The Balaban J connectivity index is 1.28. The quantitative estimate of drug-likeness (QED) is 0.394. The molecule has 1 atom stereocenters. The topological polar surface area (TPSA) is 152 Å². The van der Waals surface area contributed by atoms with Crippen molar-refractivity contribution >= 4 is 34.5 Å². The van der Waals surface area contributed by atoms with E-state index in [1.807, 2.05) is 36.2 Å². The van der Waals surface area contributed by atoms with Gasteiger partial charge in [0.05, 0.1) is 41.7 Å². The molecule has 202 valence electrons. The number of nitrogens with one attached hydrogen (secondary N) is 1. The SMILES string of the molecule is CC1(C(=O)N2CCC[C@@H](n3cc(-c4ccc(C(=O)Nc5cc(C#N)ccn5)cc4)c4c(N)ncnc43)C2)COC1. The number of hydrogen-bond acceptors (Lipinski definition) is 8. The van der Waals surface area contributed by atoms with Gasteiger partial charge < -0.3 is 25.3 Å². The molecule has 2 aliphatic heterocycles. The van der Waals surface area contributed by atoms with Crippen LogP contribution in [0.1, 0.15) is 41.7 Å². The molecule has 4 aromatic rings. The van der Waals surface area contributed by atoms with Crippen molar-refractivity contribution in [1.82, 2.24) is 24.4 Å². The zero-order chi connectivity index (χ0) is 27.9. The molecule has 0 saturated carbocycles. The Morgan fingerprint density at radius 1 is 1.18 bits per heavy atom. The number of nitrogens with zero attached hydrogens (tertiary/aromatic N) is 6. The summed E-state index contributed by atoms with van der Waals surface area (Å²) in [6.07, 6.45) is 6.75. The summed E-state index contributed by atoms with van der Waals surface area (Å²) in [5.41, 5.74) is 9.18. The van der Waals surface area contributed by atoms with Gasteiger partial charge in [-0.3, -0.25) is 9.59 Å². The number of likely N-dealkylation sites (tertiary alicyclic amines) is 1. The number of fused-ring (bicyclic) bond motifs is 1. The summed E-state index contributed by atoms with van der Waals surface area (Å²) in [6, 6.07) is 12.3. The summed E-state index contributed by atoms with van der Waals surface area (Å²) >= 11 is 0. The number of benzene rings is 1. The van der Waals surface area contributed by atoms with E-state index >= 15 is 0 Å². The fourth-order valence-corrected chi connectivity index (χ4v) is 5.44. The molecule has 1 aromatic carbocycles. The molecule has 0 unspecified atom stereocenters. The fraction of sp³-hybridized carbons (Fsp3) is 0.310. The second kappa shape index (κ2) is 10.1. The standard InChI is InChI=1S/C29H28N8O3/c1-29(15-40-16-29)28(39)36-10-2-3-21(13-36)37-14-22(24-25(31)33-17-34-26(24)37)19-4-6-20(7-5-19)27(38)35-23-11-18(12-30)8-9-32-23/h4-9,11,14,17,21H,2-3,10,13,15-16H2,1H3,(H2,31,33,34)(H,32,35,38)/t21-/m1/s1. The van der Waals surface area contributed by atoms with E-state index < -0.39 is 5.41 Å². The maximum Gasteiger partial charge on any atom is 0.256 e. The average Bonchev–Trinajstić information content (AvgIpc) is 3.37. The number of nitrogen functional groups attached to an aromatic ring is 1. The van der Waals surface area contributed by atoms with Crippen molar-refractivity contribution < 1.29 is 14.3 Å². The van der Waals surface area contributed by atoms with Gasteiger partial charge in [0.1, 0.15) is 23.6 Å². The number of aromatic nitrogens is 4. The minimum Gasteiger partial charge on any atom is -0.383 e. The van der Waals surface area contributed by atoms with Crippen molar-refractivity contribution in [3.8, 4) is 17.2 Å². The Kier molecular flexibility index (Phi) is 6.40. The third-order valence-electron chi connectivity index (χ3n) is 7.66. The van der Waals surface area contributed by atoms with Gasteiger partial charge in [0.15, 0.2) is 0 Å². The Morgan fingerprint density at radius 3 is 2.70 bits per heavy atom. The molecule has 2 aliphatic rings. The van der Waals surface area contributed by atoms with Gasteiger partial charge in [0, 0.05) is 36.6 Å². The van der Waals surface area contributed by atoms with Crippen molar-refractivity contribution in [2.75, 3.05) is 37.4 Å². The molecule has 0 aliphatic carbocycles. The van der Waals surface area contributed by atoms with Crippen LogP contribution < -0.4 is 11.1 Å². The van der Waals surface area contributed by atoms with Crippen LogP contribution in [0.5, 0.6) is 0 Å². The number of anilines is 2. The van der Waals surface area contributed by atoms with E-state index in [4.69, 9.17) is 15.7 Å².